The van der Waals surface area contributed by atoms with Gasteiger partial charge in [0.1, 0.15) is 18.1 Å². The lowest BCUT2D eigenvalue weighted by molar-refractivity contribution is -0.385. The molecule has 0 bridgehead atoms. The highest BCUT2D eigenvalue weighted by atomic mass is 16.6. The van der Waals surface area contributed by atoms with Crippen LogP contribution < -0.4 is 9.47 Å². The van der Waals surface area contributed by atoms with Gasteiger partial charge in [0, 0.05) is 29.9 Å². The summed E-state index contributed by atoms with van der Waals surface area (Å²) in [5.74, 6) is 1.05. The van der Waals surface area contributed by atoms with E-state index in [0.717, 1.165) is 11.1 Å². The molecule has 0 saturated heterocycles. The molecule has 32 heavy (non-hydrogen) atoms. The van der Waals surface area contributed by atoms with Crippen molar-refractivity contribution in [2.24, 2.45) is 0 Å². The van der Waals surface area contributed by atoms with Crippen LogP contribution in [0.5, 0.6) is 11.5 Å². The highest BCUT2D eigenvalue weighted by Crippen LogP contribution is 2.26. The zero-order chi connectivity index (χ0) is 23.3. The number of ketones is 1. The summed E-state index contributed by atoms with van der Waals surface area (Å²) >= 11 is 0. The lowest BCUT2D eigenvalue weighted by Gasteiger charge is -2.12. The molecule has 1 aromatic heterocycles. The third kappa shape index (κ3) is 5.21. The summed E-state index contributed by atoms with van der Waals surface area (Å²) in [5.41, 5.74) is 3.45. The smallest absolute Gasteiger partial charge is 0.272 e. The van der Waals surface area contributed by atoms with E-state index in [9.17, 15) is 14.9 Å². The van der Waals surface area contributed by atoms with Crippen molar-refractivity contribution < 1.29 is 19.2 Å². The van der Waals surface area contributed by atoms with Gasteiger partial charge in [-0.25, -0.2) is 0 Å². The molecule has 0 unspecified atom stereocenters. The summed E-state index contributed by atoms with van der Waals surface area (Å²) in [4.78, 5) is 23.1. The Bertz CT molecular complexity index is 1180. The van der Waals surface area contributed by atoms with E-state index in [-0.39, 0.29) is 18.1 Å². The lowest BCUT2D eigenvalue weighted by atomic mass is 10.1. The van der Waals surface area contributed by atoms with E-state index >= 15 is 0 Å². The molecular formula is C24H25N3O5. The third-order valence-electron chi connectivity index (χ3n) is 5.03. The molecule has 8 nitrogen and oxygen atoms in total. The maximum atomic E-state index is 12.6. The minimum atomic E-state index is -0.423. The van der Waals surface area contributed by atoms with Gasteiger partial charge in [-0.2, -0.15) is 5.10 Å². The van der Waals surface area contributed by atoms with Crippen molar-refractivity contribution in [3.05, 3.63) is 86.7 Å². The van der Waals surface area contributed by atoms with Crippen molar-refractivity contribution in [1.82, 2.24) is 9.78 Å². The molecule has 3 aromatic rings. The van der Waals surface area contributed by atoms with Crippen LogP contribution in [0.2, 0.25) is 0 Å². The van der Waals surface area contributed by atoms with Gasteiger partial charge in [0.25, 0.3) is 5.69 Å². The molecule has 0 atom stereocenters. The van der Waals surface area contributed by atoms with E-state index in [0.29, 0.717) is 34.9 Å². The van der Waals surface area contributed by atoms with Gasteiger partial charge in [-0.05, 0) is 56.7 Å². The minimum absolute atomic E-state index is 0.0476. The highest BCUT2D eigenvalue weighted by Gasteiger charge is 2.12. The monoisotopic (exact) mass is 435 g/mol. The highest BCUT2D eigenvalue weighted by molar-refractivity contribution is 6.07. The number of nitrogens with zero attached hydrogens (tertiary/aromatic N) is 3. The quantitative estimate of drug-likeness (QED) is 0.205. The van der Waals surface area contributed by atoms with E-state index in [4.69, 9.17) is 9.47 Å². The minimum Gasteiger partial charge on any atom is -0.496 e. The van der Waals surface area contributed by atoms with E-state index < -0.39 is 4.92 Å². The number of benzene rings is 2. The van der Waals surface area contributed by atoms with Crippen LogP contribution in [0.1, 0.15) is 39.7 Å². The van der Waals surface area contributed by atoms with Crippen molar-refractivity contribution in [2.45, 2.75) is 33.9 Å². The first-order valence-corrected chi connectivity index (χ1v) is 10.1. The van der Waals surface area contributed by atoms with Crippen LogP contribution in [0.25, 0.3) is 6.08 Å². The molecule has 0 radical (unpaired) electrons. The number of carbonyl (C=O) groups excluding carboxylic acids is 1. The summed E-state index contributed by atoms with van der Waals surface area (Å²) in [5, 5.41) is 15.3. The summed E-state index contributed by atoms with van der Waals surface area (Å²) in [6.07, 6.45) is 5.02. The molecule has 0 aliphatic heterocycles. The number of hydrogen-bond acceptors (Lipinski definition) is 6. The fraction of sp³-hybridized carbons (Fsp3) is 0.250. The predicted molar refractivity (Wildman–Crippen MR) is 121 cm³/mol. The molecule has 166 valence electrons. The molecule has 2 aromatic carbocycles. The average Bonchev–Trinajstić information content (AvgIpc) is 3.16. The Labute approximate surface area is 186 Å². The van der Waals surface area contributed by atoms with Gasteiger partial charge in [-0.1, -0.05) is 12.1 Å². The molecule has 0 spiro atoms. The van der Waals surface area contributed by atoms with Crippen molar-refractivity contribution >= 4 is 17.5 Å². The van der Waals surface area contributed by atoms with Crippen LogP contribution >= 0.6 is 0 Å². The first kappa shape index (κ1) is 22.7. The Balaban J connectivity index is 1.75. The topological polar surface area (TPSA) is 96.5 Å². The number of methoxy groups -OCH3 is 1. The number of aryl methyl sites for hydroxylation is 3. The number of allylic oxidation sites excluding steroid dienone is 1. The fourth-order valence-corrected chi connectivity index (χ4v) is 3.28. The van der Waals surface area contributed by atoms with E-state index in [1.165, 1.54) is 12.1 Å². The Kier molecular flexibility index (Phi) is 7.04. The molecule has 8 heteroatoms. The summed E-state index contributed by atoms with van der Waals surface area (Å²) in [6.45, 7) is 6.36. The summed E-state index contributed by atoms with van der Waals surface area (Å²) < 4.78 is 13.0. The number of nitro benzene ring substituents is 1. The van der Waals surface area contributed by atoms with Crippen molar-refractivity contribution in [1.29, 1.82) is 0 Å². The number of hydrogen-bond donors (Lipinski definition) is 0. The Morgan fingerprint density at radius 3 is 2.62 bits per heavy atom. The number of carbonyl (C=O) groups is 1. The first-order chi connectivity index (χ1) is 15.3. The largest absolute Gasteiger partial charge is 0.496 e. The van der Waals surface area contributed by atoms with E-state index in [2.05, 4.69) is 5.10 Å². The molecule has 0 amide bonds. The molecular weight excluding hydrogens is 410 g/mol. The normalized spacial score (nSPS) is 11.0. The van der Waals surface area contributed by atoms with Crippen LogP contribution in [-0.4, -0.2) is 27.6 Å². The third-order valence-corrected chi connectivity index (χ3v) is 5.03. The average molecular weight is 435 g/mol. The Morgan fingerprint density at radius 2 is 2.00 bits per heavy atom. The standard InChI is InChI=1S/C24H25N3O5/c1-5-26-14-21(17(3)25-26)23(28)10-6-18-7-11-24(31-4)19(13-18)15-32-20-8-9-22(27(29)30)16(2)12-20/h6-14H,5,15H2,1-4H3/b10-6+. The summed E-state index contributed by atoms with van der Waals surface area (Å²) in [6, 6.07) is 10.2. The number of aromatic nitrogens is 2. The number of rotatable bonds is 9. The molecule has 0 aliphatic rings. The van der Waals surface area contributed by atoms with Crippen molar-refractivity contribution in [3.8, 4) is 11.5 Å². The maximum absolute atomic E-state index is 12.6. The van der Waals surface area contributed by atoms with Crippen LogP contribution in [0.15, 0.2) is 48.7 Å². The van der Waals surface area contributed by atoms with Crippen LogP contribution in [-0.2, 0) is 13.2 Å². The predicted octanol–water partition coefficient (Wildman–Crippen LogP) is 4.91. The second-order valence-corrected chi connectivity index (χ2v) is 7.25. The lowest BCUT2D eigenvalue weighted by Crippen LogP contribution is -2.00. The van der Waals surface area contributed by atoms with Gasteiger partial charge >= 0.3 is 0 Å². The molecule has 0 saturated carbocycles. The van der Waals surface area contributed by atoms with Crippen LogP contribution in [0.3, 0.4) is 0 Å². The molecule has 1 heterocycles. The number of nitro groups is 1. The van der Waals surface area contributed by atoms with Crippen molar-refractivity contribution in [2.75, 3.05) is 7.11 Å². The zero-order valence-electron chi connectivity index (χ0n) is 18.5. The van der Waals surface area contributed by atoms with Gasteiger partial charge in [0.05, 0.1) is 23.3 Å². The van der Waals surface area contributed by atoms with Crippen LogP contribution in [0, 0.1) is 24.0 Å². The van der Waals surface area contributed by atoms with E-state index in [1.54, 1.807) is 43.1 Å². The van der Waals surface area contributed by atoms with Crippen molar-refractivity contribution in [3.63, 3.8) is 0 Å². The molecule has 0 fully saturated rings. The zero-order valence-corrected chi connectivity index (χ0v) is 18.5. The van der Waals surface area contributed by atoms with Crippen LogP contribution in [0.4, 0.5) is 5.69 Å². The molecule has 0 N–H and O–H groups in total. The molecule has 3 rings (SSSR count). The van der Waals surface area contributed by atoms with Gasteiger partial charge in [0.15, 0.2) is 5.78 Å². The van der Waals surface area contributed by atoms with E-state index in [1.807, 2.05) is 32.0 Å². The number of ether oxygens (including phenoxy) is 2. The first-order valence-electron chi connectivity index (χ1n) is 10.1. The SMILES string of the molecule is CCn1cc(C(=O)/C=C/c2ccc(OC)c(COc3ccc([N+](=O)[O-])c(C)c3)c2)c(C)n1. The Hall–Kier alpha value is -3.94. The maximum Gasteiger partial charge on any atom is 0.272 e. The van der Waals surface area contributed by atoms with Gasteiger partial charge < -0.3 is 9.47 Å². The Morgan fingerprint density at radius 1 is 1.22 bits per heavy atom. The second-order valence-electron chi connectivity index (χ2n) is 7.25. The van der Waals surface area contributed by atoms with Gasteiger partial charge in [0.2, 0.25) is 0 Å². The summed E-state index contributed by atoms with van der Waals surface area (Å²) in [7, 11) is 1.57. The fourth-order valence-electron chi connectivity index (χ4n) is 3.28. The second kappa shape index (κ2) is 9.91. The molecule has 0 aliphatic carbocycles. The van der Waals surface area contributed by atoms with Gasteiger partial charge in [-0.15, -0.1) is 0 Å². The van der Waals surface area contributed by atoms with Gasteiger partial charge in [-0.3, -0.25) is 19.6 Å².